The van der Waals surface area contributed by atoms with Gasteiger partial charge in [-0.2, -0.15) is 5.21 Å². The van der Waals surface area contributed by atoms with Gasteiger partial charge in [0.15, 0.2) is 10.8 Å². The van der Waals surface area contributed by atoms with Crippen LogP contribution in [0.25, 0.3) is 5.70 Å². The number of carbonyl (C=O) groups excluding carboxylic acids is 2. The number of nitrogens with zero attached hydrogens (tertiary/aromatic N) is 7. The fraction of sp³-hybridized carbons (Fsp3) is 0.263. The van der Waals surface area contributed by atoms with Crippen molar-refractivity contribution in [2.45, 2.75) is 16.3 Å². The number of nitrogen functional groups attached to an aromatic ring is 1. The average molecular weight is 531 g/mol. The van der Waals surface area contributed by atoms with Crippen LogP contribution in [-0.2, 0) is 14.4 Å². The van der Waals surface area contributed by atoms with E-state index in [2.05, 4.69) is 41.1 Å². The lowest BCUT2D eigenvalue weighted by molar-refractivity contribution is -0.142. The molecule has 0 saturated carbocycles. The highest BCUT2D eigenvalue weighted by Crippen LogP contribution is 2.44. The zero-order chi connectivity index (χ0) is 24.4. The van der Waals surface area contributed by atoms with Gasteiger partial charge in [0, 0.05) is 34.2 Å². The van der Waals surface area contributed by atoms with E-state index in [-0.39, 0.29) is 27.8 Å². The number of hydrogen-bond acceptors (Lipinski definition) is 13. The predicted octanol–water partition coefficient (Wildman–Crippen LogP) is 0.587. The molecule has 3 aromatic heterocycles. The summed E-state index contributed by atoms with van der Waals surface area (Å²) in [6.07, 6.45) is 3.46. The number of aromatic nitrogens is 6. The van der Waals surface area contributed by atoms with Crippen LogP contribution < -0.4 is 11.1 Å². The molecule has 2 aliphatic rings. The zero-order valence-corrected chi connectivity index (χ0v) is 20.6. The van der Waals surface area contributed by atoms with E-state index in [9.17, 15) is 9.59 Å². The van der Waals surface area contributed by atoms with Crippen LogP contribution in [0.3, 0.4) is 0 Å². The summed E-state index contributed by atoms with van der Waals surface area (Å²) in [4.78, 5) is 41.8. The van der Waals surface area contributed by atoms with Gasteiger partial charge in [-0.15, -0.1) is 45.1 Å². The normalized spacial score (nSPS) is 19.9. The van der Waals surface area contributed by atoms with Crippen molar-refractivity contribution in [1.29, 1.82) is 0 Å². The maximum atomic E-state index is 13.2. The van der Waals surface area contributed by atoms with Crippen molar-refractivity contribution < 1.29 is 14.4 Å². The molecule has 13 nitrogen and oxygen atoms in total. The van der Waals surface area contributed by atoms with E-state index < -0.39 is 11.9 Å². The quantitative estimate of drug-likeness (QED) is 0.161. The number of hydrogen-bond donors (Lipinski definition) is 3. The summed E-state index contributed by atoms with van der Waals surface area (Å²) in [7, 11) is 1.32. The highest BCUT2D eigenvalue weighted by molar-refractivity contribution is 8.01. The smallest absolute Gasteiger partial charge is 0.276 e. The number of β-lactam (4-membered cyclic amide) rings is 1. The van der Waals surface area contributed by atoms with Gasteiger partial charge in [0.2, 0.25) is 5.82 Å². The molecule has 0 spiro atoms. The Morgan fingerprint density at radius 3 is 2.94 bits per heavy atom. The van der Waals surface area contributed by atoms with E-state index in [1.54, 1.807) is 46.2 Å². The molecule has 0 radical (unpaired) electrons. The van der Waals surface area contributed by atoms with Gasteiger partial charge in [-0.3, -0.25) is 19.5 Å². The molecular formula is C19H18N10O3S3. The molecule has 2 amide bonds. The van der Waals surface area contributed by atoms with Crippen molar-refractivity contribution in [1.82, 2.24) is 40.8 Å². The summed E-state index contributed by atoms with van der Waals surface area (Å²) >= 11 is 4.35. The number of aromatic amines is 1. The van der Waals surface area contributed by atoms with Crippen LogP contribution in [0.15, 0.2) is 45.5 Å². The Hall–Kier alpha value is -3.50. The van der Waals surface area contributed by atoms with E-state index >= 15 is 0 Å². The molecule has 2 aliphatic heterocycles. The Labute approximate surface area is 211 Å². The van der Waals surface area contributed by atoms with Crippen LogP contribution in [-0.4, -0.2) is 83.0 Å². The molecule has 3 aromatic rings. The maximum absolute atomic E-state index is 13.2. The van der Waals surface area contributed by atoms with Crippen LogP contribution in [0.4, 0.5) is 5.13 Å². The Morgan fingerprint density at radius 2 is 2.26 bits per heavy atom. The van der Waals surface area contributed by atoms with Gasteiger partial charge in [-0.25, -0.2) is 4.98 Å². The SMILES string of the molecule is CO/N=C(\C(=O)NC1C(=O)N2C(c3nn[nH]n3)=C(CSc3ccncc3)CSC12)c1csc(N)n1. The first-order chi connectivity index (χ1) is 17.1. The van der Waals surface area contributed by atoms with Crippen LogP contribution >= 0.6 is 34.9 Å². The fourth-order valence-corrected chi connectivity index (χ4v) is 6.49. The van der Waals surface area contributed by atoms with E-state index in [1.165, 1.54) is 18.4 Å². The molecule has 1 fully saturated rings. The summed E-state index contributed by atoms with van der Waals surface area (Å²) in [5.41, 5.74) is 7.50. The summed E-state index contributed by atoms with van der Waals surface area (Å²) in [5.74, 6) is 0.726. The standard InChI is InChI=1S/C19H18N10O3S3/c1-32-26-12(11-8-35-19(20)22-11)16(30)23-13-17(31)29-14(15-24-27-28-25-15)9(7-34-18(13)29)6-33-10-2-4-21-5-3-10/h2-5,8,13,18H,6-7H2,1H3,(H2,20,22)(H,23,30)(H,24,25,27,28)/b26-12-. The zero-order valence-electron chi connectivity index (χ0n) is 18.1. The molecule has 1 saturated heterocycles. The number of anilines is 1. The van der Waals surface area contributed by atoms with Crippen molar-refractivity contribution >= 4 is 63.2 Å². The topological polar surface area (TPSA) is 177 Å². The van der Waals surface area contributed by atoms with E-state index in [1.807, 2.05) is 12.1 Å². The van der Waals surface area contributed by atoms with Crippen molar-refractivity contribution in [3.8, 4) is 0 Å². The summed E-state index contributed by atoms with van der Waals surface area (Å²) < 4.78 is 0. The lowest BCUT2D eigenvalue weighted by Gasteiger charge is -2.49. The van der Waals surface area contributed by atoms with Crippen LogP contribution in [0.5, 0.6) is 0 Å². The Balaban J connectivity index is 1.36. The number of oxime groups is 1. The number of nitrogens with two attached hydrogens (primary N) is 1. The summed E-state index contributed by atoms with van der Waals surface area (Å²) in [6, 6.07) is 3.09. The monoisotopic (exact) mass is 530 g/mol. The number of fused-ring (bicyclic) bond motifs is 1. The number of thiazole rings is 1. The molecule has 4 N–H and O–H groups in total. The third-order valence-electron chi connectivity index (χ3n) is 5.12. The molecule has 5 rings (SSSR count). The number of amides is 2. The molecular weight excluding hydrogens is 512 g/mol. The van der Waals surface area contributed by atoms with Crippen LogP contribution in [0.1, 0.15) is 11.5 Å². The molecule has 180 valence electrons. The Morgan fingerprint density at radius 1 is 1.43 bits per heavy atom. The minimum atomic E-state index is -0.762. The predicted molar refractivity (Wildman–Crippen MR) is 131 cm³/mol. The van der Waals surface area contributed by atoms with E-state index in [0.717, 1.165) is 10.5 Å². The van der Waals surface area contributed by atoms with Gasteiger partial charge in [0.1, 0.15) is 24.2 Å². The summed E-state index contributed by atoms with van der Waals surface area (Å²) in [5, 5.41) is 22.4. The number of tetrazole rings is 1. The Kier molecular flexibility index (Phi) is 6.65. The number of pyridine rings is 1. The second kappa shape index (κ2) is 10.0. The maximum Gasteiger partial charge on any atom is 0.276 e. The molecule has 5 heterocycles. The number of thioether (sulfide) groups is 2. The first-order valence-corrected chi connectivity index (χ1v) is 13.0. The van der Waals surface area contributed by atoms with Gasteiger partial charge in [0.25, 0.3) is 11.8 Å². The number of rotatable bonds is 8. The van der Waals surface area contributed by atoms with E-state index in [0.29, 0.717) is 23.0 Å². The van der Waals surface area contributed by atoms with Crippen molar-refractivity contribution in [3.63, 3.8) is 0 Å². The minimum Gasteiger partial charge on any atom is -0.398 e. The van der Waals surface area contributed by atoms with Crippen LogP contribution in [0.2, 0.25) is 0 Å². The molecule has 2 unspecified atom stereocenters. The lowest BCUT2D eigenvalue weighted by atomic mass is 10.0. The fourth-order valence-electron chi connectivity index (χ4n) is 3.57. The van der Waals surface area contributed by atoms with Gasteiger partial charge < -0.3 is 15.9 Å². The summed E-state index contributed by atoms with van der Waals surface area (Å²) in [6.45, 7) is 0. The molecule has 0 bridgehead atoms. The highest BCUT2D eigenvalue weighted by atomic mass is 32.2. The minimum absolute atomic E-state index is 0.0594. The molecule has 16 heteroatoms. The van der Waals surface area contributed by atoms with Gasteiger partial charge >= 0.3 is 0 Å². The largest absolute Gasteiger partial charge is 0.398 e. The van der Waals surface area contributed by atoms with E-state index in [4.69, 9.17) is 10.6 Å². The highest BCUT2D eigenvalue weighted by Gasteiger charge is 2.54. The average Bonchev–Trinajstić information content (AvgIpc) is 3.56. The second-order valence-electron chi connectivity index (χ2n) is 7.21. The third kappa shape index (κ3) is 4.59. The number of H-pyrrole nitrogens is 1. The third-order valence-corrected chi connectivity index (χ3v) is 8.23. The Bertz CT molecular complexity index is 1290. The van der Waals surface area contributed by atoms with Crippen molar-refractivity contribution in [3.05, 3.63) is 47.0 Å². The first-order valence-electron chi connectivity index (χ1n) is 10.1. The molecule has 0 aromatic carbocycles. The lowest BCUT2D eigenvalue weighted by Crippen LogP contribution is -2.70. The molecule has 0 aliphatic carbocycles. The van der Waals surface area contributed by atoms with Crippen LogP contribution in [0, 0.1) is 0 Å². The van der Waals surface area contributed by atoms with Gasteiger partial charge in [-0.05, 0) is 22.9 Å². The van der Waals surface area contributed by atoms with Crippen molar-refractivity contribution in [2.24, 2.45) is 5.16 Å². The molecule has 2 atom stereocenters. The second-order valence-corrected chi connectivity index (χ2v) is 10.3. The van der Waals surface area contributed by atoms with Gasteiger partial charge in [-0.1, -0.05) is 5.16 Å². The number of nitrogens with one attached hydrogen (secondary N) is 2. The van der Waals surface area contributed by atoms with Crippen molar-refractivity contribution in [2.75, 3.05) is 24.3 Å². The van der Waals surface area contributed by atoms with Gasteiger partial charge in [0.05, 0.1) is 5.70 Å². The number of carbonyl (C=O) groups is 2. The molecule has 35 heavy (non-hydrogen) atoms. The first kappa shape index (κ1) is 23.3.